The lowest BCUT2D eigenvalue weighted by atomic mass is 10.1. The summed E-state index contributed by atoms with van der Waals surface area (Å²) in [5, 5.41) is 28.1. The summed E-state index contributed by atoms with van der Waals surface area (Å²) in [7, 11) is 0. The summed E-state index contributed by atoms with van der Waals surface area (Å²) >= 11 is 5.68. The van der Waals surface area contributed by atoms with Gasteiger partial charge in [-0.05, 0) is 19.8 Å². The summed E-state index contributed by atoms with van der Waals surface area (Å²) in [5.41, 5.74) is -0.169. The van der Waals surface area contributed by atoms with Crippen LogP contribution < -0.4 is 11.2 Å². The fraction of sp³-hybridized carbons (Fsp3) is 0.600. The van der Waals surface area contributed by atoms with Gasteiger partial charge in [-0.3, -0.25) is 14.3 Å². The Kier molecular flexibility index (Phi) is 5.56. The molecular formula is C15H20ClN5O5. The van der Waals surface area contributed by atoms with Crippen molar-refractivity contribution >= 4 is 11.6 Å². The number of nitrogens with one attached hydrogen (secondary N) is 1. The first-order valence-corrected chi connectivity index (χ1v) is 8.73. The molecule has 0 amide bonds. The summed E-state index contributed by atoms with van der Waals surface area (Å²) in [5.74, 6) is 0.489. The maximum absolute atomic E-state index is 12.2. The second-order valence-electron chi connectivity index (χ2n) is 6.19. The molecule has 1 aliphatic rings. The summed E-state index contributed by atoms with van der Waals surface area (Å²) in [6, 6.07) is -0.799. The fourth-order valence-corrected chi connectivity index (χ4v) is 3.13. The molecule has 0 aromatic carbocycles. The topological polar surface area (TPSA) is 135 Å². The molecule has 11 heteroatoms. The standard InChI is InChI=1S/C15H20ClN5O5/c1-8-5-20(15(25)17-13(8)24)14-11(12(23)10(7-22)26-14)21-6-9(18-19-21)3-2-4-16/h5-6,10-12,14,22-23H,2-4,7H2,1H3,(H,17,24,25)/t10-,11-,12-,14-/m1/s1. The van der Waals surface area contributed by atoms with Gasteiger partial charge in [-0.25, -0.2) is 9.48 Å². The van der Waals surface area contributed by atoms with Gasteiger partial charge in [-0.2, -0.15) is 0 Å². The number of halogens is 1. The van der Waals surface area contributed by atoms with Crippen molar-refractivity contribution in [2.75, 3.05) is 12.5 Å². The number of aliphatic hydroxyl groups excluding tert-OH is 2. The largest absolute Gasteiger partial charge is 0.394 e. The number of rotatable bonds is 6. The molecule has 1 aliphatic heterocycles. The number of H-pyrrole nitrogens is 1. The summed E-state index contributed by atoms with van der Waals surface area (Å²) < 4.78 is 8.27. The molecule has 1 fully saturated rings. The third-order valence-corrected chi connectivity index (χ3v) is 4.63. The van der Waals surface area contributed by atoms with Crippen LogP contribution >= 0.6 is 11.6 Å². The molecule has 142 valence electrons. The molecule has 0 unspecified atom stereocenters. The number of aliphatic hydroxyl groups is 2. The molecule has 0 aliphatic carbocycles. The maximum atomic E-state index is 12.2. The molecule has 2 aromatic rings. The van der Waals surface area contributed by atoms with Crippen LogP contribution in [0.1, 0.15) is 29.9 Å². The highest BCUT2D eigenvalue weighted by molar-refractivity contribution is 6.17. The number of aromatic amines is 1. The Bertz CT molecular complexity index is 878. The number of ether oxygens (including phenoxy) is 1. The molecule has 0 saturated carbocycles. The van der Waals surface area contributed by atoms with Gasteiger partial charge in [-0.15, -0.1) is 16.7 Å². The van der Waals surface area contributed by atoms with E-state index in [-0.39, 0.29) is 0 Å². The SMILES string of the molecule is Cc1cn([C@@H]2O[C@H](CO)[C@@H](O)[C@H]2n2cc(CCCCl)nn2)c(=O)[nH]c1=O. The molecule has 4 atom stereocenters. The minimum absolute atomic E-state index is 0.315. The van der Waals surface area contributed by atoms with Crippen molar-refractivity contribution in [1.29, 1.82) is 0 Å². The number of alkyl halides is 1. The highest BCUT2D eigenvalue weighted by atomic mass is 35.5. The number of nitrogens with zero attached hydrogens (tertiary/aromatic N) is 4. The van der Waals surface area contributed by atoms with E-state index in [9.17, 15) is 19.8 Å². The molecule has 0 bridgehead atoms. The van der Waals surface area contributed by atoms with Gasteiger partial charge in [0.05, 0.1) is 12.3 Å². The third kappa shape index (κ3) is 3.45. The Labute approximate surface area is 153 Å². The van der Waals surface area contributed by atoms with Crippen LogP contribution in [0.2, 0.25) is 0 Å². The van der Waals surface area contributed by atoms with Crippen LogP contribution in [0.4, 0.5) is 0 Å². The van der Waals surface area contributed by atoms with Crippen LogP contribution in [-0.2, 0) is 11.2 Å². The lowest BCUT2D eigenvalue weighted by molar-refractivity contribution is -0.0480. The molecule has 3 heterocycles. The summed E-state index contributed by atoms with van der Waals surface area (Å²) in [6.07, 6.45) is 1.38. The number of hydrogen-bond donors (Lipinski definition) is 3. The van der Waals surface area contributed by atoms with Crippen LogP contribution in [0.25, 0.3) is 0 Å². The molecule has 3 N–H and O–H groups in total. The van der Waals surface area contributed by atoms with E-state index < -0.39 is 42.3 Å². The van der Waals surface area contributed by atoms with Crippen molar-refractivity contribution in [3.63, 3.8) is 0 Å². The Hall–Kier alpha value is -2.01. The van der Waals surface area contributed by atoms with E-state index in [0.717, 1.165) is 6.42 Å². The number of aryl methyl sites for hydroxylation is 2. The first kappa shape index (κ1) is 18.8. The van der Waals surface area contributed by atoms with Crippen molar-refractivity contribution in [2.45, 2.75) is 44.2 Å². The van der Waals surface area contributed by atoms with E-state index in [2.05, 4.69) is 15.3 Å². The highest BCUT2D eigenvalue weighted by Gasteiger charge is 2.46. The summed E-state index contributed by atoms with van der Waals surface area (Å²) in [6.45, 7) is 1.12. The minimum Gasteiger partial charge on any atom is -0.394 e. The average molecular weight is 386 g/mol. The highest BCUT2D eigenvalue weighted by Crippen LogP contribution is 2.37. The second-order valence-corrected chi connectivity index (χ2v) is 6.57. The van der Waals surface area contributed by atoms with Crippen LogP contribution in [0.5, 0.6) is 0 Å². The molecule has 0 radical (unpaired) electrons. The van der Waals surface area contributed by atoms with Gasteiger partial charge in [0.15, 0.2) is 6.23 Å². The monoisotopic (exact) mass is 385 g/mol. The van der Waals surface area contributed by atoms with Crippen LogP contribution in [0.15, 0.2) is 22.0 Å². The van der Waals surface area contributed by atoms with E-state index in [4.69, 9.17) is 16.3 Å². The van der Waals surface area contributed by atoms with E-state index in [0.29, 0.717) is 23.6 Å². The normalized spacial score (nSPS) is 25.7. The molecule has 0 spiro atoms. The van der Waals surface area contributed by atoms with Gasteiger partial charge in [0.2, 0.25) is 0 Å². The van der Waals surface area contributed by atoms with Crippen molar-refractivity contribution in [3.05, 3.63) is 44.5 Å². The Morgan fingerprint density at radius 1 is 1.38 bits per heavy atom. The Morgan fingerprint density at radius 3 is 2.85 bits per heavy atom. The van der Waals surface area contributed by atoms with Gasteiger partial charge in [-0.1, -0.05) is 5.21 Å². The van der Waals surface area contributed by atoms with Gasteiger partial charge < -0.3 is 14.9 Å². The molecule has 3 rings (SSSR count). The summed E-state index contributed by atoms with van der Waals surface area (Å²) in [4.78, 5) is 26.0. The lowest BCUT2D eigenvalue weighted by Gasteiger charge is -2.21. The maximum Gasteiger partial charge on any atom is 0.330 e. The predicted molar refractivity (Wildman–Crippen MR) is 91.2 cm³/mol. The first-order valence-electron chi connectivity index (χ1n) is 8.19. The average Bonchev–Trinajstić information content (AvgIpc) is 3.20. The predicted octanol–water partition coefficient (Wildman–Crippen LogP) is -0.900. The van der Waals surface area contributed by atoms with Crippen LogP contribution in [-0.4, -0.2) is 59.5 Å². The molecular weight excluding hydrogens is 366 g/mol. The van der Waals surface area contributed by atoms with Crippen LogP contribution in [0, 0.1) is 6.92 Å². The zero-order valence-electron chi connectivity index (χ0n) is 14.1. The fourth-order valence-electron chi connectivity index (χ4n) is 2.99. The third-order valence-electron chi connectivity index (χ3n) is 4.37. The van der Waals surface area contributed by atoms with Crippen molar-refractivity contribution in [3.8, 4) is 0 Å². The Balaban J connectivity index is 2.00. The van der Waals surface area contributed by atoms with Gasteiger partial charge >= 0.3 is 5.69 Å². The van der Waals surface area contributed by atoms with Crippen molar-refractivity contribution < 1.29 is 14.9 Å². The lowest BCUT2D eigenvalue weighted by Crippen LogP contribution is -2.37. The van der Waals surface area contributed by atoms with E-state index in [1.807, 2.05) is 0 Å². The van der Waals surface area contributed by atoms with E-state index >= 15 is 0 Å². The first-order chi connectivity index (χ1) is 12.5. The Morgan fingerprint density at radius 2 is 2.15 bits per heavy atom. The molecule has 2 aromatic heterocycles. The van der Waals surface area contributed by atoms with E-state index in [1.54, 1.807) is 13.1 Å². The smallest absolute Gasteiger partial charge is 0.330 e. The van der Waals surface area contributed by atoms with E-state index in [1.165, 1.54) is 15.4 Å². The van der Waals surface area contributed by atoms with Crippen molar-refractivity contribution in [2.24, 2.45) is 0 Å². The van der Waals surface area contributed by atoms with Gasteiger partial charge in [0.1, 0.15) is 18.2 Å². The minimum atomic E-state index is -1.12. The quantitative estimate of drug-likeness (QED) is 0.548. The van der Waals surface area contributed by atoms with Crippen LogP contribution in [0.3, 0.4) is 0 Å². The molecule has 26 heavy (non-hydrogen) atoms. The molecule has 10 nitrogen and oxygen atoms in total. The van der Waals surface area contributed by atoms with Crippen molar-refractivity contribution in [1.82, 2.24) is 24.5 Å². The number of aromatic nitrogens is 5. The second kappa shape index (κ2) is 7.70. The van der Waals surface area contributed by atoms with Gasteiger partial charge in [0.25, 0.3) is 5.56 Å². The molecule has 1 saturated heterocycles. The zero-order chi connectivity index (χ0) is 18.8. The van der Waals surface area contributed by atoms with Gasteiger partial charge in [0, 0.05) is 23.8 Å². The number of hydrogen-bond acceptors (Lipinski definition) is 7. The zero-order valence-corrected chi connectivity index (χ0v) is 14.8.